The van der Waals surface area contributed by atoms with Crippen LogP contribution in [0.2, 0.25) is 0 Å². The third kappa shape index (κ3) is 3.47. The number of ether oxygens (including phenoxy) is 1. The highest BCUT2D eigenvalue weighted by atomic mass is 16.5. The molecule has 1 unspecified atom stereocenters. The van der Waals surface area contributed by atoms with E-state index in [0.29, 0.717) is 17.7 Å². The van der Waals surface area contributed by atoms with Gasteiger partial charge in [0.05, 0.1) is 19.6 Å². The van der Waals surface area contributed by atoms with Crippen LogP contribution in [0.4, 0.5) is 4.79 Å². The van der Waals surface area contributed by atoms with Gasteiger partial charge in [-0.15, -0.1) is 0 Å². The summed E-state index contributed by atoms with van der Waals surface area (Å²) < 4.78 is 5.12. The van der Waals surface area contributed by atoms with Crippen molar-refractivity contribution in [3.05, 3.63) is 29.8 Å². The minimum atomic E-state index is -1.20. The zero-order valence-electron chi connectivity index (χ0n) is 15.1. The smallest absolute Gasteiger partial charge is 0.325 e. The van der Waals surface area contributed by atoms with Gasteiger partial charge in [-0.25, -0.2) is 4.79 Å². The van der Waals surface area contributed by atoms with E-state index >= 15 is 0 Å². The van der Waals surface area contributed by atoms with E-state index in [1.807, 2.05) is 6.07 Å². The number of nitriles is 1. The fourth-order valence-corrected chi connectivity index (χ4v) is 2.88. The molecule has 0 aromatic heterocycles. The number of imide groups is 1. The topological polar surface area (TPSA) is 103 Å². The Morgan fingerprint density at radius 2 is 2.00 bits per heavy atom. The number of rotatable bonds is 7. The molecule has 0 radical (unpaired) electrons. The number of carbonyl (C=O) groups is 3. The van der Waals surface area contributed by atoms with Gasteiger partial charge in [-0.3, -0.25) is 14.5 Å². The maximum Gasteiger partial charge on any atom is 0.325 e. The number of hydrogen-bond acceptors (Lipinski definition) is 5. The van der Waals surface area contributed by atoms with Crippen molar-refractivity contribution in [2.75, 3.05) is 27.2 Å². The summed E-state index contributed by atoms with van der Waals surface area (Å²) >= 11 is 0. The van der Waals surface area contributed by atoms with Gasteiger partial charge in [-0.2, -0.15) is 5.26 Å². The molecule has 4 amide bonds. The molecule has 0 saturated carbocycles. The summed E-state index contributed by atoms with van der Waals surface area (Å²) in [5, 5.41) is 11.3. The van der Waals surface area contributed by atoms with E-state index in [0.717, 1.165) is 4.90 Å². The number of carbonyl (C=O) groups excluding carboxylic acids is 3. The van der Waals surface area contributed by atoms with Crippen LogP contribution in [0, 0.1) is 11.3 Å². The van der Waals surface area contributed by atoms with Gasteiger partial charge in [0.2, 0.25) is 5.91 Å². The molecule has 138 valence electrons. The molecule has 0 spiro atoms. The van der Waals surface area contributed by atoms with Crippen LogP contribution in [0.25, 0.3) is 0 Å². The fraction of sp³-hybridized carbons (Fsp3) is 0.444. The van der Waals surface area contributed by atoms with Crippen LogP contribution >= 0.6 is 0 Å². The molecule has 0 aliphatic carbocycles. The summed E-state index contributed by atoms with van der Waals surface area (Å²) in [6, 6.07) is 8.24. The van der Waals surface area contributed by atoms with Gasteiger partial charge in [-0.1, -0.05) is 19.1 Å². The van der Waals surface area contributed by atoms with Gasteiger partial charge in [0.1, 0.15) is 17.8 Å². The summed E-state index contributed by atoms with van der Waals surface area (Å²) in [5.41, 5.74) is -0.568. The Bertz CT molecular complexity index is 741. The Balaban J connectivity index is 2.22. The van der Waals surface area contributed by atoms with Crippen molar-refractivity contribution in [1.82, 2.24) is 15.1 Å². The average Bonchev–Trinajstić information content (AvgIpc) is 2.91. The van der Waals surface area contributed by atoms with Crippen molar-refractivity contribution >= 4 is 17.8 Å². The summed E-state index contributed by atoms with van der Waals surface area (Å²) in [7, 11) is 3.08. The number of amides is 4. The van der Waals surface area contributed by atoms with E-state index in [1.165, 1.54) is 11.9 Å². The average molecular weight is 358 g/mol. The van der Waals surface area contributed by atoms with Gasteiger partial charge < -0.3 is 15.0 Å². The van der Waals surface area contributed by atoms with Crippen LogP contribution in [-0.2, 0) is 15.1 Å². The van der Waals surface area contributed by atoms with E-state index < -0.39 is 23.4 Å². The standard InChI is InChI=1S/C18H22N4O4/c1-4-18(13-6-8-14(26-3)9-7-13)16(24)22(17(25)20-18)12-15(23)21(2)11-5-10-19/h6-9H,4-5,11-12H2,1-3H3,(H,20,25). The number of benzene rings is 1. The molecule has 8 heteroatoms. The first kappa shape index (κ1) is 19.2. The first-order valence-corrected chi connectivity index (χ1v) is 8.29. The molecule has 1 saturated heterocycles. The number of nitrogens with zero attached hydrogens (tertiary/aromatic N) is 3. The zero-order valence-corrected chi connectivity index (χ0v) is 15.1. The third-order valence-corrected chi connectivity index (χ3v) is 4.57. The van der Waals surface area contributed by atoms with E-state index in [9.17, 15) is 14.4 Å². The monoisotopic (exact) mass is 358 g/mol. The van der Waals surface area contributed by atoms with Crippen molar-refractivity contribution in [3.63, 3.8) is 0 Å². The van der Waals surface area contributed by atoms with Crippen LogP contribution in [0.15, 0.2) is 24.3 Å². The Hall–Kier alpha value is -3.08. The van der Waals surface area contributed by atoms with E-state index in [-0.39, 0.29) is 19.5 Å². The van der Waals surface area contributed by atoms with E-state index in [1.54, 1.807) is 38.3 Å². The maximum absolute atomic E-state index is 13.0. The molecule has 1 atom stereocenters. The highest BCUT2D eigenvalue weighted by molar-refractivity contribution is 6.09. The fourth-order valence-electron chi connectivity index (χ4n) is 2.88. The first-order chi connectivity index (χ1) is 12.4. The van der Waals surface area contributed by atoms with Crippen LogP contribution in [0.5, 0.6) is 5.75 Å². The lowest BCUT2D eigenvalue weighted by Crippen LogP contribution is -2.45. The third-order valence-electron chi connectivity index (χ3n) is 4.57. The van der Waals surface area contributed by atoms with Crippen LogP contribution in [-0.4, -0.2) is 54.9 Å². The Kier molecular flexibility index (Phi) is 5.82. The number of urea groups is 1. The van der Waals surface area contributed by atoms with E-state index in [2.05, 4.69) is 5.32 Å². The van der Waals surface area contributed by atoms with Gasteiger partial charge >= 0.3 is 6.03 Å². The van der Waals surface area contributed by atoms with Crippen molar-refractivity contribution in [3.8, 4) is 11.8 Å². The van der Waals surface area contributed by atoms with Crippen LogP contribution in [0.1, 0.15) is 25.3 Å². The molecule has 8 nitrogen and oxygen atoms in total. The highest BCUT2D eigenvalue weighted by Crippen LogP contribution is 2.33. The second-order valence-electron chi connectivity index (χ2n) is 6.03. The first-order valence-electron chi connectivity index (χ1n) is 8.29. The highest BCUT2D eigenvalue weighted by Gasteiger charge is 2.51. The minimum Gasteiger partial charge on any atom is -0.497 e. The molecular weight excluding hydrogens is 336 g/mol. The lowest BCUT2D eigenvalue weighted by atomic mass is 9.87. The number of nitrogens with one attached hydrogen (secondary N) is 1. The molecule has 1 aromatic rings. The molecule has 1 aromatic carbocycles. The Labute approximate surface area is 152 Å². The number of hydrogen-bond donors (Lipinski definition) is 1. The zero-order chi connectivity index (χ0) is 19.3. The molecular formula is C18H22N4O4. The molecule has 0 bridgehead atoms. The second kappa shape index (κ2) is 7.87. The van der Waals surface area contributed by atoms with Gasteiger partial charge in [-0.05, 0) is 24.1 Å². The lowest BCUT2D eigenvalue weighted by Gasteiger charge is -2.26. The molecule has 1 fully saturated rings. The molecule has 1 N–H and O–H groups in total. The van der Waals surface area contributed by atoms with Crippen molar-refractivity contribution in [2.24, 2.45) is 0 Å². The Morgan fingerprint density at radius 1 is 1.35 bits per heavy atom. The SMILES string of the molecule is CCC1(c2ccc(OC)cc2)NC(=O)N(CC(=O)N(C)CCC#N)C1=O. The van der Waals surface area contributed by atoms with Gasteiger partial charge in [0.15, 0.2) is 0 Å². The summed E-state index contributed by atoms with van der Waals surface area (Å²) in [6.07, 6.45) is 0.534. The molecule has 1 aliphatic heterocycles. The summed E-state index contributed by atoms with van der Waals surface area (Å²) in [6.45, 7) is 1.69. The predicted molar refractivity (Wildman–Crippen MR) is 93.1 cm³/mol. The van der Waals surface area contributed by atoms with Crippen LogP contribution in [0.3, 0.4) is 0 Å². The molecule has 2 rings (SSSR count). The van der Waals surface area contributed by atoms with Gasteiger partial charge in [0.25, 0.3) is 5.91 Å². The van der Waals surface area contributed by atoms with Gasteiger partial charge in [0, 0.05) is 13.6 Å². The molecule has 1 heterocycles. The lowest BCUT2D eigenvalue weighted by molar-refractivity contribution is -0.138. The normalized spacial score (nSPS) is 19.1. The minimum absolute atomic E-state index is 0.188. The predicted octanol–water partition coefficient (Wildman–Crippen LogP) is 1.22. The quantitative estimate of drug-likeness (QED) is 0.739. The second-order valence-corrected chi connectivity index (χ2v) is 6.03. The van der Waals surface area contributed by atoms with E-state index in [4.69, 9.17) is 10.00 Å². The number of likely N-dealkylation sites (N-methyl/N-ethyl adjacent to an activating group) is 1. The molecule has 1 aliphatic rings. The van der Waals surface area contributed by atoms with Crippen molar-refractivity contribution < 1.29 is 19.1 Å². The molecule has 26 heavy (non-hydrogen) atoms. The largest absolute Gasteiger partial charge is 0.497 e. The maximum atomic E-state index is 13.0. The number of methoxy groups -OCH3 is 1. The van der Waals surface area contributed by atoms with Crippen LogP contribution < -0.4 is 10.1 Å². The van der Waals surface area contributed by atoms with Crippen molar-refractivity contribution in [1.29, 1.82) is 5.26 Å². The van der Waals surface area contributed by atoms with Crippen molar-refractivity contribution in [2.45, 2.75) is 25.3 Å². The Morgan fingerprint density at radius 3 is 2.54 bits per heavy atom. The summed E-state index contributed by atoms with van der Waals surface area (Å²) in [4.78, 5) is 39.9. The summed E-state index contributed by atoms with van der Waals surface area (Å²) in [5.74, 6) is -0.217.